The van der Waals surface area contributed by atoms with Gasteiger partial charge in [0.1, 0.15) is 0 Å². The first-order valence-electron chi connectivity index (χ1n) is 7.38. The lowest BCUT2D eigenvalue weighted by Crippen LogP contribution is -2.53. The number of nitrogens with zero attached hydrogens (tertiary/aromatic N) is 4. The molecule has 0 unspecified atom stereocenters. The molecule has 7 heteroatoms. The van der Waals surface area contributed by atoms with Gasteiger partial charge in [0.05, 0.1) is 5.52 Å². The minimum absolute atomic E-state index is 0.0124. The number of hydrogen-bond acceptors (Lipinski definition) is 4. The topological polar surface area (TPSA) is 87.6 Å². The van der Waals surface area contributed by atoms with Crippen molar-refractivity contribution in [3.63, 3.8) is 0 Å². The molecular formula is C15H21N5O2. The van der Waals surface area contributed by atoms with Crippen molar-refractivity contribution in [3.8, 4) is 0 Å². The lowest BCUT2D eigenvalue weighted by Gasteiger charge is -2.38. The molecule has 1 saturated heterocycles. The highest BCUT2D eigenvalue weighted by Crippen LogP contribution is 2.22. The summed E-state index contributed by atoms with van der Waals surface area (Å²) >= 11 is 0. The van der Waals surface area contributed by atoms with Crippen LogP contribution >= 0.6 is 0 Å². The van der Waals surface area contributed by atoms with Crippen molar-refractivity contribution >= 4 is 22.8 Å². The first kappa shape index (κ1) is 14.6. The normalized spacial score (nSPS) is 19.7. The summed E-state index contributed by atoms with van der Waals surface area (Å²) in [6.07, 6.45) is -0.836. The lowest BCUT2D eigenvalue weighted by atomic mass is 10.1. The molecule has 0 aliphatic carbocycles. The Hall–Kier alpha value is -2.28. The maximum Gasteiger partial charge on any atom is 0.407 e. The van der Waals surface area contributed by atoms with Crippen LogP contribution < -0.4 is 5.73 Å². The number of carboxylic acid groups (broad SMARTS) is 1. The summed E-state index contributed by atoms with van der Waals surface area (Å²) in [6, 6.07) is 6.20. The van der Waals surface area contributed by atoms with Gasteiger partial charge in [0.2, 0.25) is 0 Å². The Morgan fingerprint density at radius 1 is 1.45 bits per heavy atom. The number of amides is 1. The van der Waals surface area contributed by atoms with Crippen molar-refractivity contribution in [3.05, 3.63) is 23.8 Å². The number of fused-ring (bicyclic) bond motifs is 1. The van der Waals surface area contributed by atoms with Gasteiger partial charge < -0.3 is 15.7 Å². The highest BCUT2D eigenvalue weighted by atomic mass is 16.4. The van der Waals surface area contributed by atoms with Crippen LogP contribution in [0.3, 0.4) is 0 Å². The number of aryl methyl sites for hydroxylation is 1. The number of anilines is 1. The van der Waals surface area contributed by atoms with Crippen molar-refractivity contribution in [1.82, 2.24) is 19.6 Å². The van der Waals surface area contributed by atoms with E-state index in [4.69, 9.17) is 10.8 Å². The lowest BCUT2D eigenvalue weighted by molar-refractivity contribution is 0.0711. The van der Waals surface area contributed by atoms with Crippen molar-refractivity contribution in [2.24, 2.45) is 7.05 Å². The highest BCUT2D eigenvalue weighted by molar-refractivity contribution is 5.89. The fourth-order valence-electron chi connectivity index (χ4n) is 3.16. The van der Waals surface area contributed by atoms with E-state index in [0.717, 1.165) is 30.5 Å². The number of hydrogen-bond donors (Lipinski definition) is 2. The predicted molar refractivity (Wildman–Crippen MR) is 84.6 cm³/mol. The molecule has 0 spiro atoms. The van der Waals surface area contributed by atoms with E-state index in [-0.39, 0.29) is 6.04 Å². The van der Waals surface area contributed by atoms with Crippen LogP contribution in [-0.2, 0) is 13.6 Å². The van der Waals surface area contributed by atoms with Crippen LogP contribution in [0.5, 0.6) is 0 Å². The highest BCUT2D eigenvalue weighted by Gasteiger charge is 2.26. The van der Waals surface area contributed by atoms with Crippen molar-refractivity contribution in [2.45, 2.75) is 19.5 Å². The van der Waals surface area contributed by atoms with E-state index in [1.807, 2.05) is 20.0 Å². The second-order valence-electron chi connectivity index (χ2n) is 5.92. The van der Waals surface area contributed by atoms with Gasteiger partial charge >= 0.3 is 6.09 Å². The molecule has 1 fully saturated rings. The third-order valence-electron chi connectivity index (χ3n) is 4.31. The summed E-state index contributed by atoms with van der Waals surface area (Å²) < 4.78 is 1.78. The molecule has 0 radical (unpaired) electrons. The van der Waals surface area contributed by atoms with Gasteiger partial charge in [-0.2, -0.15) is 5.10 Å². The largest absolute Gasteiger partial charge is 0.465 e. The number of benzene rings is 1. The first-order chi connectivity index (χ1) is 10.5. The molecule has 2 aromatic rings. The van der Waals surface area contributed by atoms with Gasteiger partial charge in [0.25, 0.3) is 0 Å². The number of nitrogens with two attached hydrogens (primary N) is 1. The van der Waals surface area contributed by atoms with Crippen LogP contribution in [0.4, 0.5) is 10.6 Å². The van der Waals surface area contributed by atoms with Crippen LogP contribution in [-0.4, -0.2) is 56.5 Å². The third-order valence-corrected chi connectivity index (χ3v) is 4.31. The van der Waals surface area contributed by atoms with Crippen molar-refractivity contribution in [1.29, 1.82) is 0 Å². The molecule has 2 heterocycles. The van der Waals surface area contributed by atoms with Crippen molar-refractivity contribution < 1.29 is 9.90 Å². The molecule has 1 aliphatic heterocycles. The Kier molecular flexibility index (Phi) is 3.66. The molecular weight excluding hydrogens is 282 g/mol. The second-order valence-corrected chi connectivity index (χ2v) is 5.92. The second kappa shape index (κ2) is 5.49. The summed E-state index contributed by atoms with van der Waals surface area (Å²) in [5, 5.41) is 14.3. The smallest absolute Gasteiger partial charge is 0.407 e. The molecule has 118 valence electrons. The van der Waals surface area contributed by atoms with Crippen LogP contribution in [0.2, 0.25) is 0 Å². The summed E-state index contributed by atoms with van der Waals surface area (Å²) in [5.74, 6) is 0.545. The first-order valence-corrected chi connectivity index (χ1v) is 7.38. The van der Waals surface area contributed by atoms with Crippen molar-refractivity contribution in [2.75, 3.05) is 25.4 Å². The van der Waals surface area contributed by atoms with E-state index in [1.54, 1.807) is 4.68 Å². The van der Waals surface area contributed by atoms with Gasteiger partial charge in [-0.1, -0.05) is 6.07 Å². The van der Waals surface area contributed by atoms with Gasteiger partial charge in [-0.05, 0) is 24.6 Å². The summed E-state index contributed by atoms with van der Waals surface area (Å²) in [5.41, 5.74) is 8.12. The fourth-order valence-corrected chi connectivity index (χ4v) is 3.16. The maximum atomic E-state index is 11.1. The molecule has 1 atom stereocenters. The van der Waals surface area contributed by atoms with Gasteiger partial charge in [0.15, 0.2) is 5.82 Å². The Bertz CT molecular complexity index is 711. The van der Waals surface area contributed by atoms with E-state index < -0.39 is 6.09 Å². The molecule has 1 aliphatic rings. The SMILES string of the molecule is C[C@H]1CN(Cc2ccc3c(c2)c(N)nn3C)CCN1C(=O)O. The van der Waals surface area contributed by atoms with Crippen LogP contribution in [0, 0.1) is 0 Å². The zero-order valence-electron chi connectivity index (χ0n) is 12.9. The number of piperazine rings is 1. The van der Waals surface area contributed by atoms with Gasteiger partial charge in [-0.15, -0.1) is 0 Å². The van der Waals surface area contributed by atoms with Gasteiger partial charge in [-0.3, -0.25) is 9.58 Å². The molecule has 3 N–H and O–H groups in total. The molecule has 0 saturated carbocycles. The minimum atomic E-state index is -0.836. The number of nitrogen functional groups attached to an aromatic ring is 1. The number of aromatic nitrogens is 2. The fraction of sp³-hybridized carbons (Fsp3) is 0.467. The standard InChI is InChI=1S/C15H21N5O2/c1-10-8-19(5-6-20(10)15(21)22)9-11-3-4-13-12(7-11)14(16)17-18(13)2/h3-4,7,10H,5-6,8-9H2,1-2H3,(H2,16,17)(H,21,22)/t10-/m0/s1. The van der Waals surface area contributed by atoms with Gasteiger partial charge in [0, 0.05) is 44.7 Å². The average molecular weight is 303 g/mol. The molecule has 3 rings (SSSR count). The third kappa shape index (κ3) is 2.59. The van der Waals surface area contributed by atoms with Crippen LogP contribution in [0.1, 0.15) is 12.5 Å². The summed E-state index contributed by atoms with van der Waals surface area (Å²) in [4.78, 5) is 14.9. The Morgan fingerprint density at radius 3 is 2.91 bits per heavy atom. The molecule has 22 heavy (non-hydrogen) atoms. The van der Waals surface area contributed by atoms with E-state index in [1.165, 1.54) is 10.5 Å². The number of rotatable bonds is 2. The predicted octanol–water partition coefficient (Wildman–Crippen LogP) is 1.34. The summed E-state index contributed by atoms with van der Waals surface area (Å²) in [7, 11) is 1.88. The Morgan fingerprint density at radius 2 is 2.23 bits per heavy atom. The molecule has 1 aromatic carbocycles. The quantitative estimate of drug-likeness (QED) is 0.874. The number of carbonyl (C=O) groups is 1. The monoisotopic (exact) mass is 303 g/mol. The summed E-state index contributed by atoms with van der Waals surface area (Å²) in [6.45, 7) is 4.78. The van der Waals surface area contributed by atoms with E-state index in [9.17, 15) is 4.79 Å². The van der Waals surface area contributed by atoms with Crippen LogP contribution in [0.25, 0.3) is 10.9 Å². The molecule has 1 amide bonds. The zero-order valence-corrected chi connectivity index (χ0v) is 12.9. The van der Waals surface area contributed by atoms with E-state index in [2.05, 4.69) is 22.1 Å². The maximum absolute atomic E-state index is 11.1. The zero-order chi connectivity index (χ0) is 15.9. The van der Waals surface area contributed by atoms with E-state index in [0.29, 0.717) is 12.4 Å². The average Bonchev–Trinajstić information content (AvgIpc) is 2.73. The van der Waals surface area contributed by atoms with E-state index >= 15 is 0 Å². The van der Waals surface area contributed by atoms with Crippen LogP contribution in [0.15, 0.2) is 18.2 Å². The molecule has 1 aromatic heterocycles. The molecule has 7 nitrogen and oxygen atoms in total. The van der Waals surface area contributed by atoms with Gasteiger partial charge in [-0.25, -0.2) is 4.79 Å². The Labute approximate surface area is 128 Å². The minimum Gasteiger partial charge on any atom is -0.465 e. The molecule has 0 bridgehead atoms. The Balaban J connectivity index is 1.74.